The molecule has 10 heteroatoms. The highest BCUT2D eigenvalue weighted by atomic mass is 19.4. The van der Waals surface area contributed by atoms with Crippen LogP contribution in [0.3, 0.4) is 0 Å². The largest absolute Gasteiger partial charge is 0.416 e. The Morgan fingerprint density at radius 1 is 1.13 bits per heavy atom. The number of alkyl halides is 6. The van der Waals surface area contributed by atoms with Gasteiger partial charge in [-0.1, -0.05) is 56.2 Å². The Hall–Kier alpha value is -2.59. The van der Waals surface area contributed by atoms with Crippen molar-refractivity contribution in [3.05, 3.63) is 71.3 Å². The topological polar surface area (TPSA) is 50.4 Å². The molecule has 4 unspecified atom stereocenters. The molecule has 3 rings (SSSR count). The van der Waals surface area contributed by atoms with Gasteiger partial charge in [0.15, 0.2) is 0 Å². The number of halogens is 6. The fourth-order valence-corrected chi connectivity index (χ4v) is 5.67. The van der Waals surface area contributed by atoms with Crippen molar-refractivity contribution in [2.24, 2.45) is 5.92 Å². The van der Waals surface area contributed by atoms with E-state index in [0.717, 1.165) is 39.7 Å². The quantitative estimate of drug-likeness (QED) is 0.264. The van der Waals surface area contributed by atoms with E-state index in [0.29, 0.717) is 11.5 Å². The summed E-state index contributed by atoms with van der Waals surface area (Å²) >= 11 is 0. The average Bonchev–Trinajstić information content (AvgIpc) is 2.86. The van der Waals surface area contributed by atoms with Crippen LogP contribution in [0.5, 0.6) is 0 Å². The van der Waals surface area contributed by atoms with Crippen LogP contribution < -0.4 is 10.6 Å². The van der Waals surface area contributed by atoms with Crippen molar-refractivity contribution in [3.63, 3.8) is 0 Å². The van der Waals surface area contributed by atoms with Crippen LogP contribution in [0.4, 0.5) is 26.3 Å². The highest BCUT2D eigenvalue weighted by Crippen LogP contribution is 2.46. The molecule has 0 aliphatic heterocycles. The van der Waals surface area contributed by atoms with E-state index >= 15 is 0 Å². The Labute approximate surface area is 225 Å². The number of benzene rings is 1. The number of methoxy groups -OCH3 is 1. The third kappa shape index (κ3) is 6.95. The maximum atomic E-state index is 14.2. The maximum absolute atomic E-state index is 14.2. The van der Waals surface area contributed by atoms with Crippen LogP contribution in [0, 0.1) is 5.92 Å². The molecule has 0 radical (unpaired) electrons. The number of rotatable bonds is 8. The lowest BCUT2D eigenvalue weighted by Gasteiger charge is -2.43. The van der Waals surface area contributed by atoms with Gasteiger partial charge in [-0.25, -0.2) is 0 Å². The Bertz CT molecular complexity index is 1110. The third-order valence-corrected chi connectivity index (χ3v) is 7.88. The number of hydrogen-bond acceptors (Lipinski definition) is 3. The Morgan fingerprint density at radius 2 is 1.77 bits per heavy atom. The SMILES string of the molecule is C=CC(C)(NC1CCC[C@@H](C)C1)C(NC(=O)C1=C(C(F)(F)F)C=C(C(F)(F)F)CC1(C)OC)c1ccccc1. The maximum Gasteiger partial charge on any atom is 0.416 e. The molecule has 1 aromatic carbocycles. The average molecular weight is 559 g/mol. The van der Waals surface area contributed by atoms with E-state index in [9.17, 15) is 31.1 Å². The molecule has 0 heterocycles. The van der Waals surface area contributed by atoms with Crippen molar-refractivity contribution < 1.29 is 35.9 Å². The lowest BCUT2D eigenvalue weighted by atomic mass is 9.78. The van der Waals surface area contributed by atoms with Crippen LogP contribution in [-0.4, -0.2) is 42.6 Å². The first-order valence-corrected chi connectivity index (χ1v) is 13.0. The van der Waals surface area contributed by atoms with E-state index in [1.54, 1.807) is 43.3 Å². The van der Waals surface area contributed by atoms with Crippen molar-refractivity contribution in [1.82, 2.24) is 10.6 Å². The molecule has 2 aliphatic rings. The molecule has 1 saturated carbocycles. The number of carbonyl (C=O) groups excluding carboxylic acids is 1. The van der Waals surface area contributed by atoms with Gasteiger partial charge in [0.05, 0.1) is 28.3 Å². The number of allylic oxidation sites excluding steroid dienone is 2. The van der Waals surface area contributed by atoms with Gasteiger partial charge in [0.1, 0.15) is 0 Å². The standard InChI is InChI=1S/C29H36F6N2O2/c1-6-26(3,37-21-14-10-11-18(2)15-21)24(19-12-8-7-9-13-19)36-25(38)23-22(29(33,34)35)16-20(28(30,31)32)17-27(23,4)39-5/h6-9,12-13,16,18,21,24,37H,1,10-11,14-15,17H2,2-5H3,(H,36,38)/t18-,21?,24?,26?,27?/m1/s1. The van der Waals surface area contributed by atoms with Gasteiger partial charge in [-0.05, 0) is 44.2 Å². The zero-order valence-electron chi connectivity index (χ0n) is 22.6. The number of carbonyl (C=O) groups is 1. The number of hydrogen-bond donors (Lipinski definition) is 2. The van der Waals surface area contributed by atoms with Gasteiger partial charge < -0.3 is 15.4 Å². The summed E-state index contributed by atoms with van der Waals surface area (Å²) in [6.07, 6.45) is -5.69. The summed E-state index contributed by atoms with van der Waals surface area (Å²) in [5.74, 6) is -0.682. The van der Waals surface area contributed by atoms with Crippen LogP contribution in [0.1, 0.15) is 64.5 Å². The molecule has 0 spiro atoms. The normalized spacial score (nSPS) is 26.9. The second-order valence-electron chi connectivity index (χ2n) is 11.0. The zero-order valence-corrected chi connectivity index (χ0v) is 22.6. The van der Waals surface area contributed by atoms with Crippen molar-refractivity contribution in [1.29, 1.82) is 0 Å². The number of nitrogens with one attached hydrogen (secondary N) is 2. The van der Waals surface area contributed by atoms with Gasteiger partial charge in [-0.2, -0.15) is 26.3 Å². The summed E-state index contributed by atoms with van der Waals surface area (Å²) in [6, 6.07) is 7.89. The van der Waals surface area contributed by atoms with Gasteiger partial charge in [-0.15, -0.1) is 6.58 Å². The van der Waals surface area contributed by atoms with E-state index in [2.05, 4.69) is 24.1 Å². The van der Waals surface area contributed by atoms with Crippen molar-refractivity contribution in [2.75, 3.05) is 7.11 Å². The fraction of sp³-hybridized carbons (Fsp3) is 0.552. The molecule has 0 saturated heterocycles. The first-order valence-electron chi connectivity index (χ1n) is 13.0. The summed E-state index contributed by atoms with van der Waals surface area (Å²) in [4.78, 5) is 13.8. The second kappa shape index (κ2) is 11.5. The van der Waals surface area contributed by atoms with Gasteiger partial charge in [-0.3, -0.25) is 4.79 Å². The van der Waals surface area contributed by atoms with Crippen LogP contribution in [0.25, 0.3) is 0 Å². The first kappa shape index (κ1) is 30.9. The molecule has 2 N–H and O–H groups in total. The summed E-state index contributed by atoms with van der Waals surface area (Å²) in [5, 5.41) is 6.28. The molecule has 4 nitrogen and oxygen atoms in total. The van der Waals surface area contributed by atoms with Crippen molar-refractivity contribution >= 4 is 5.91 Å². The molecule has 5 atom stereocenters. The molecule has 0 bridgehead atoms. The fourth-order valence-electron chi connectivity index (χ4n) is 5.67. The monoisotopic (exact) mass is 558 g/mol. The predicted octanol–water partition coefficient (Wildman–Crippen LogP) is 7.11. The molecule has 1 aromatic rings. The Balaban J connectivity index is 2.11. The lowest BCUT2D eigenvalue weighted by Crippen LogP contribution is -2.57. The van der Waals surface area contributed by atoms with Gasteiger partial charge >= 0.3 is 12.4 Å². The minimum Gasteiger partial charge on any atom is -0.373 e. The Kier molecular flexibility index (Phi) is 9.12. The lowest BCUT2D eigenvalue weighted by molar-refractivity contribution is -0.127. The summed E-state index contributed by atoms with van der Waals surface area (Å²) < 4.78 is 88.4. The van der Waals surface area contributed by atoms with Crippen molar-refractivity contribution in [2.45, 2.75) is 88.5 Å². The van der Waals surface area contributed by atoms with E-state index in [-0.39, 0.29) is 12.1 Å². The molecule has 2 aliphatic carbocycles. The summed E-state index contributed by atoms with van der Waals surface area (Å²) in [5.41, 5.74) is -6.57. The van der Waals surface area contributed by atoms with Crippen molar-refractivity contribution in [3.8, 4) is 0 Å². The second-order valence-corrected chi connectivity index (χ2v) is 11.0. The molecular formula is C29H36F6N2O2. The minimum atomic E-state index is -5.23. The predicted molar refractivity (Wildman–Crippen MR) is 138 cm³/mol. The highest BCUT2D eigenvalue weighted by molar-refractivity contribution is 5.98. The van der Waals surface area contributed by atoms with E-state index in [1.165, 1.54) is 0 Å². The number of amides is 1. The third-order valence-electron chi connectivity index (χ3n) is 7.88. The number of ether oxygens (including phenoxy) is 1. The van der Waals surface area contributed by atoms with E-state index < -0.39 is 58.6 Å². The molecular weight excluding hydrogens is 522 g/mol. The van der Waals surface area contributed by atoms with Gasteiger partial charge in [0, 0.05) is 25.1 Å². The molecule has 0 aromatic heterocycles. The zero-order chi connectivity index (χ0) is 29.2. The van der Waals surface area contributed by atoms with Gasteiger partial charge in [0.2, 0.25) is 0 Å². The molecule has 39 heavy (non-hydrogen) atoms. The van der Waals surface area contributed by atoms with Crippen LogP contribution in [0.15, 0.2) is 65.8 Å². The molecule has 1 amide bonds. The van der Waals surface area contributed by atoms with E-state index in [1.807, 2.05) is 0 Å². The van der Waals surface area contributed by atoms with Crippen LogP contribution >= 0.6 is 0 Å². The molecule has 1 fully saturated rings. The first-order chi connectivity index (χ1) is 18.0. The highest BCUT2D eigenvalue weighted by Gasteiger charge is 2.52. The van der Waals surface area contributed by atoms with Crippen LogP contribution in [-0.2, 0) is 9.53 Å². The van der Waals surface area contributed by atoms with Gasteiger partial charge in [0.25, 0.3) is 5.91 Å². The molecule has 216 valence electrons. The smallest absolute Gasteiger partial charge is 0.373 e. The Morgan fingerprint density at radius 3 is 2.28 bits per heavy atom. The summed E-state index contributed by atoms with van der Waals surface area (Å²) in [6.45, 7) is 8.97. The van der Waals surface area contributed by atoms with E-state index in [4.69, 9.17) is 4.74 Å². The summed E-state index contributed by atoms with van der Waals surface area (Å²) in [7, 11) is 0.995. The minimum absolute atomic E-state index is 0.0154. The van der Waals surface area contributed by atoms with Crippen LogP contribution in [0.2, 0.25) is 0 Å².